The van der Waals surface area contributed by atoms with E-state index < -0.39 is 18.8 Å². The average molecular weight is 256 g/mol. The average Bonchev–Trinajstić information content (AvgIpc) is 2.14. The molecule has 0 aromatic carbocycles. The Balaban J connectivity index is 2.62. The fourth-order valence-electron chi connectivity index (χ4n) is 0.912. The van der Waals surface area contributed by atoms with Crippen molar-refractivity contribution in [1.29, 1.82) is 0 Å². The Morgan fingerprint density at radius 3 is 2.69 bits per heavy atom. The lowest BCUT2D eigenvalue weighted by Gasteiger charge is -2.16. The summed E-state index contributed by atoms with van der Waals surface area (Å²) in [5.74, 6) is 0.0488. The summed E-state index contributed by atoms with van der Waals surface area (Å²) >= 11 is 5.55. The molecule has 8 heteroatoms. The highest BCUT2D eigenvalue weighted by atomic mass is 35.5. The molecule has 0 saturated heterocycles. The molecule has 1 rings (SSSR count). The van der Waals surface area contributed by atoms with E-state index in [4.69, 9.17) is 22.4 Å². The first kappa shape index (κ1) is 12.9. The number of hydrogen-bond acceptors (Lipinski definition) is 4. The van der Waals surface area contributed by atoms with E-state index in [0.717, 1.165) is 0 Å². The summed E-state index contributed by atoms with van der Waals surface area (Å²) in [7, 11) is 0. The number of pyridine rings is 1. The zero-order valence-electron chi connectivity index (χ0n) is 7.92. The number of aromatic nitrogens is 1. The Morgan fingerprint density at radius 2 is 2.19 bits per heavy atom. The van der Waals surface area contributed by atoms with Gasteiger partial charge in [0.1, 0.15) is 5.82 Å². The Morgan fingerprint density at radius 1 is 1.56 bits per heavy atom. The maximum atomic E-state index is 12.0. The number of alkyl halides is 3. The van der Waals surface area contributed by atoms with Crippen LogP contribution in [-0.2, 0) is 0 Å². The van der Waals surface area contributed by atoms with Crippen molar-refractivity contribution < 1.29 is 18.3 Å². The van der Waals surface area contributed by atoms with E-state index in [1.807, 2.05) is 0 Å². The second-order valence-corrected chi connectivity index (χ2v) is 3.47. The van der Waals surface area contributed by atoms with Crippen LogP contribution in [0.5, 0.6) is 0 Å². The zero-order chi connectivity index (χ0) is 12.3. The van der Waals surface area contributed by atoms with Crippen molar-refractivity contribution in [3.63, 3.8) is 0 Å². The fraction of sp³-hybridized carbons (Fsp3) is 0.375. The number of rotatable bonds is 3. The quantitative estimate of drug-likeness (QED) is 0.768. The molecule has 1 unspecified atom stereocenters. The van der Waals surface area contributed by atoms with Gasteiger partial charge in [0.2, 0.25) is 0 Å². The highest BCUT2D eigenvalue weighted by Crippen LogP contribution is 2.22. The lowest BCUT2D eigenvalue weighted by atomic mass is 10.3. The van der Waals surface area contributed by atoms with Gasteiger partial charge in [-0.25, -0.2) is 4.98 Å². The minimum absolute atomic E-state index is 0.0488. The normalized spacial score (nSPS) is 13.6. The minimum Gasteiger partial charge on any atom is -0.396 e. The SMILES string of the molecule is Nc1cc(Cl)cnc1NCC(O)C(F)(F)F. The van der Waals surface area contributed by atoms with Crippen LogP contribution in [0.2, 0.25) is 5.02 Å². The van der Waals surface area contributed by atoms with Crippen LogP contribution in [-0.4, -0.2) is 28.9 Å². The van der Waals surface area contributed by atoms with Gasteiger partial charge in [-0.3, -0.25) is 0 Å². The summed E-state index contributed by atoms with van der Waals surface area (Å²) in [6.07, 6.45) is -5.90. The lowest BCUT2D eigenvalue weighted by molar-refractivity contribution is -0.198. The molecule has 0 aliphatic carbocycles. The first-order valence-electron chi connectivity index (χ1n) is 4.20. The van der Waals surface area contributed by atoms with Gasteiger partial charge in [-0.05, 0) is 6.07 Å². The third-order valence-electron chi connectivity index (χ3n) is 1.72. The molecule has 0 saturated carbocycles. The van der Waals surface area contributed by atoms with Crippen LogP contribution in [0.25, 0.3) is 0 Å². The number of aliphatic hydroxyl groups is 1. The van der Waals surface area contributed by atoms with Crippen molar-refractivity contribution in [2.45, 2.75) is 12.3 Å². The standard InChI is InChI=1S/C8H9ClF3N3O/c9-4-1-5(13)7(14-2-4)15-3-6(16)8(10,11)12/h1-2,6,16H,3,13H2,(H,14,15). The molecule has 1 atom stereocenters. The highest BCUT2D eigenvalue weighted by Gasteiger charge is 2.37. The third kappa shape index (κ3) is 3.42. The Kier molecular flexibility index (Phi) is 3.82. The molecule has 4 nitrogen and oxygen atoms in total. The van der Waals surface area contributed by atoms with Gasteiger partial charge in [0.15, 0.2) is 6.10 Å². The monoisotopic (exact) mass is 255 g/mol. The van der Waals surface area contributed by atoms with Gasteiger partial charge in [-0.15, -0.1) is 0 Å². The molecule has 0 spiro atoms. The Hall–Kier alpha value is -1.21. The summed E-state index contributed by atoms with van der Waals surface area (Å²) in [4.78, 5) is 3.69. The minimum atomic E-state index is -4.67. The van der Waals surface area contributed by atoms with Gasteiger partial charge >= 0.3 is 6.18 Å². The van der Waals surface area contributed by atoms with Gasteiger partial charge in [0.25, 0.3) is 0 Å². The molecule has 1 aromatic heterocycles. The summed E-state index contributed by atoms with van der Waals surface area (Å²) in [6, 6.07) is 1.34. The predicted molar refractivity (Wildman–Crippen MR) is 54.2 cm³/mol. The molecular formula is C8H9ClF3N3O. The zero-order valence-corrected chi connectivity index (χ0v) is 8.68. The van der Waals surface area contributed by atoms with Gasteiger partial charge < -0.3 is 16.2 Å². The van der Waals surface area contributed by atoms with Crippen LogP contribution < -0.4 is 11.1 Å². The maximum absolute atomic E-state index is 12.0. The number of nitrogens with zero attached hydrogens (tertiary/aromatic N) is 1. The lowest BCUT2D eigenvalue weighted by Crippen LogP contribution is -2.35. The number of nitrogens with one attached hydrogen (secondary N) is 1. The molecular weight excluding hydrogens is 247 g/mol. The molecule has 0 bridgehead atoms. The van der Waals surface area contributed by atoms with Crippen LogP contribution >= 0.6 is 11.6 Å². The first-order chi connectivity index (χ1) is 7.30. The fourth-order valence-corrected chi connectivity index (χ4v) is 1.08. The van der Waals surface area contributed by atoms with Crippen molar-refractivity contribution in [1.82, 2.24) is 4.98 Å². The van der Waals surface area contributed by atoms with Gasteiger partial charge in [-0.2, -0.15) is 13.2 Å². The number of nitrogen functional groups attached to an aromatic ring is 1. The summed E-state index contributed by atoms with van der Waals surface area (Å²) in [6.45, 7) is -0.720. The first-order valence-corrected chi connectivity index (χ1v) is 4.58. The predicted octanol–water partition coefficient (Wildman–Crippen LogP) is 1.65. The third-order valence-corrected chi connectivity index (χ3v) is 1.93. The van der Waals surface area contributed by atoms with Crippen LogP contribution in [0, 0.1) is 0 Å². The number of halogens is 4. The van der Waals surface area contributed by atoms with E-state index in [0.29, 0.717) is 0 Å². The molecule has 0 aliphatic heterocycles. The Bertz CT molecular complexity index is 372. The van der Waals surface area contributed by atoms with Gasteiger partial charge in [-0.1, -0.05) is 11.6 Å². The number of hydrogen-bond donors (Lipinski definition) is 3. The van der Waals surface area contributed by atoms with E-state index >= 15 is 0 Å². The van der Waals surface area contributed by atoms with Crippen LogP contribution in [0.4, 0.5) is 24.7 Å². The smallest absolute Gasteiger partial charge is 0.396 e. The summed E-state index contributed by atoms with van der Waals surface area (Å²) in [5, 5.41) is 11.3. The van der Waals surface area contributed by atoms with Crippen LogP contribution in [0.3, 0.4) is 0 Å². The van der Waals surface area contributed by atoms with Crippen molar-refractivity contribution in [2.75, 3.05) is 17.6 Å². The number of aliphatic hydroxyl groups excluding tert-OH is 1. The highest BCUT2D eigenvalue weighted by molar-refractivity contribution is 6.30. The van der Waals surface area contributed by atoms with Crippen molar-refractivity contribution in [2.24, 2.45) is 0 Å². The molecule has 4 N–H and O–H groups in total. The van der Waals surface area contributed by atoms with Crippen LogP contribution in [0.1, 0.15) is 0 Å². The number of nitrogens with two attached hydrogens (primary N) is 1. The molecule has 0 aliphatic rings. The van der Waals surface area contributed by atoms with Gasteiger partial charge in [0.05, 0.1) is 17.3 Å². The topological polar surface area (TPSA) is 71.2 Å². The van der Waals surface area contributed by atoms with E-state index in [9.17, 15) is 13.2 Å². The summed E-state index contributed by atoms with van der Waals surface area (Å²) < 4.78 is 35.9. The second kappa shape index (κ2) is 4.75. The van der Waals surface area contributed by atoms with Crippen molar-refractivity contribution in [3.05, 3.63) is 17.3 Å². The van der Waals surface area contributed by atoms with Gasteiger partial charge in [0, 0.05) is 6.20 Å². The molecule has 0 amide bonds. The van der Waals surface area contributed by atoms with Crippen molar-refractivity contribution in [3.8, 4) is 0 Å². The van der Waals surface area contributed by atoms with Crippen LogP contribution in [0.15, 0.2) is 12.3 Å². The largest absolute Gasteiger partial charge is 0.416 e. The Labute approximate surface area is 94.2 Å². The molecule has 1 aromatic rings. The van der Waals surface area contributed by atoms with E-state index in [1.54, 1.807) is 0 Å². The maximum Gasteiger partial charge on any atom is 0.416 e. The number of anilines is 2. The molecule has 16 heavy (non-hydrogen) atoms. The molecule has 0 radical (unpaired) electrons. The molecule has 0 fully saturated rings. The van der Waals surface area contributed by atoms with Crippen molar-refractivity contribution >= 4 is 23.1 Å². The summed E-state index contributed by atoms with van der Waals surface area (Å²) in [5.41, 5.74) is 5.56. The molecule has 1 heterocycles. The van der Waals surface area contributed by atoms with E-state index in [1.165, 1.54) is 12.3 Å². The van der Waals surface area contributed by atoms with E-state index in [-0.39, 0.29) is 16.5 Å². The second-order valence-electron chi connectivity index (χ2n) is 3.03. The molecule has 90 valence electrons. The van der Waals surface area contributed by atoms with E-state index in [2.05, 4.69) is 10.3 Å².